The van der Waals surface area contributed by atoms with E-state index < -0.39 is 46.1 Å². The molecule has 0 saturated heterocycles. The number of hydrogen-bond donors (Lipinski definition) is 1. The van der Waals surface area contributed by atoms with E-state index in [0.29, 0.717) is 12.0 Å². The largest absolute Gasteiger partial charge is 0.352 e. The average molecular weight is 592 g/mol. The van der Waals surface area contributed by atoms with Crippen LogP contribution in [0.15, 0.2) is 77.7 Å². The van der Waals surface area contributed by atoms with Crippen molar-refractivity contribution in [2.75, 3.05) is 10.8 Å². The number of hydrogen-bond acceptors (Lipinski definition) is 4. The standard InChI is InChI=1S/C29H32ClF2N3O4S/c1-4-20(3)33-29(37)27(5-2)34(18-21-11-13-22(31)14-12-21)28(36)19-35(23-15-16-26(32)25(30)17-23)40(38,39)24-9-7-6-8-10-24/h6-17,20,27H,4-5,18-19H2,1-3H3,(H,33,37). The molecule has 2 unspecified atom stereocenters. The number of rotatable bonds is 12. The summed E-state index contributed by atoms with van der Waals surface area (Å²) in [4.78, 5) is 28.4. The van der Waals surface area contributed by atoms with Gasteiger partial charge in [-0.15, -0.1) is 0 Å². The van der Waals surface area contributed by atoms with Crippen LogP contribution in [0.25, 0.3) is 0 Å². The monoisotopic (exact) mass is 591 g/mol. The number of amides is 2. The van der Waals surface area contributed by atoms with Gasteiger partial charge in [0.2, 0.25) is 11.8 Å². The molecule has 3 aromatic carbocycles. The maximum atomic E-state index is 14.0. The van der Waals surface area contributed by atoms with Crippen molar-refractivity contribution in [2.24, 2.45) is 0 Å². The molecule has 3 aromatic rings. The molecule has 0 aliphatic rings. The molecule has 0 aromatic heterocycles. The van der Waals surface area contributed by atoms with Gasteiger partial charge in [0.05, 0.1) is 15.6 Å². The van der Waals surface area contributed by atoms with Crippen LogP contribution in [0.4, 0.5) is 14.5 Å². The van der Waals surface area contributed by atoms with E-state index in [1.807, 2.05) is 13.8 Å². The van der Waals surface area contributed by atoms with E-state index in [9.17, 15) is 26.8 Å². The Kier molecular flexibility index (Phi) is 10.6. The highest BCUT2D eigenvalue weighted by Gasteiger charge is 2.34. The number of nitrogens with one attached hydrogen (secondary N) is 1. The molecule has 11 heteroatoms. The number of sulfonamides is 1. The van der Waals surface area contributed by atoms with E-state index >= 15 is 0 Å². The Labute approximate surface area is 238 Å². The lowest BCUT2D eigenvalue weighted by Crippen LogP contribution is -2.53. The molecule has 214 valence electrons. The number of nitrogens with zero attached hydrogens (tertiary/aromatic N) is 2. The lowest BCUT2D eigenvalue weighted by Gasteiger charge is -2.33. The van der Waals surface area contributed by atoms with Crippen LogP contribution >= 0.6 is 11.6 Å². The minimum Gasteiger partial charge on any atom is -0.352 e. The molecule has 0 fully saturated rings. The third kappa shape index (κ3) is 7.57. The minimum atomic E-state index is -4.31. The SMILES string of the molecule is CCC(C)NC(=O)C(CC)N(Cc1ccc(F)cc1)C(=O)CN(c1ccc(F)c(Cl)c1)S(=O)(=O)c1ccccc1. The fraction of sp³-hybridized carbons (Fsp3) is 0.310. The fourth-order valence-electron chi connectivity index (χ4n) is 4.04. The summed E-state index contributed by atoms with van der Waals surface area (Å²) in [5.41, 5.74) is 0.522. The molecular formula is C29H32ClF2N3O4S. The van der Waals surface area contributed by atoms with E-state index in [4.69, 9.17) is 11.6 Å². The molecule has 0 bridgehead atoms. The van der Waals surface area contributed by atoms with Gasteiger partial charge in [0.25, 0.3) is 10.0 Å². The number of carbonyl (C=O) groups excluding carboxylic acids is 2. The lowest BCUT2D eigenvalue weighted by atomic mass is 10.1. The number of carbonyl (C=O) groups is 2. The molecule has 7 nitrogen and oxygen atoms in total. The van der Waals surface area contributed by atoms with Crippen LogP contribution in [-0.4, -0.2) is 43.8 Å². The molecule has 0 aliphatic heterocycles. The van der Waals surface area contributed by atoms with E-state index in [-0.39, 0.29) is 34.6 Å². The molecular weight excluding hydrogens is 560 g/mol. The van der Waals surface area contributed by atoms with Crippen LogP contribution in [-0.2, 0) is 26.2 Å². The van der Waals surface area contributed by atoms with Crippen LogP contribution in [0.2, 0.25) is 5.02 Å². The highest BCUT2D eigenvalue weighted by molar-refractivity contribution is 7.92. The van der Waals surface area contributed by atoms with Crippen molar-refractivity contribution < 1.29 is 26.8 Å². The van der Waals surface area contributed by atoms with E-state index in [0.717, 1.165) is 16.4 Å². The van der Waals surface area contributed by atoms with Gasteiger partial charge < -0.3 is 10.2 Å². The zero-order chi connectivity index (χ0) is 29.4. The zero-order valence-corrected chi connectivity index (χ0v) is 24.1. The topological polar surface area (TPSA) is 86.8 Å². The van der Waals surface area contributed by atoms with E-state index in [1.54, 1.807) is 13.0 Å². The molecule has 2 atom stereocenters. The number of benzene rings is 3. The Balaban J connectivity index is 2.06. The third-order valence-electron chi connectivity index (χ3n) is 6.45. The van der Waals surface area contributed by atoms with Crippen molar-refractivity contribution in [1.29, 1.82) is 0 Å². The first-order valence-corrected chi connectivity index (χ1v) is 14.7. The Morgan fingerprint density at radius 3 is 2.17 bits per heavy atom. The predicted octanol–water partition coefficient (Wildman–Crippen LogP) is 5.54. The van der Waals surface area contributed by atoms with Crippen molar-refractivity contribution in [1.82, 2.24) is 10.2 Å². The first-order valence-electron chi connectivity index (χ1n) is 12.8. The maximum absolute atomic E-state index is 14.0. The van der Waals surface area contributed by atoms with Crippen molar-refractivity contribution in [3.63, 3.8) is 0 Å². The molecule has 0 saturated carbocycles. The predicted molar refractivity (Wildman–Crippen MR) is 151 cm³/mol. The number of halogens is 3. The Morgan fingerprint density at radius 2 is 1.60 bits per heavy atom. The molecule has 3 rings (SSSR count). The van der Waals surface area contributed by atoms with Crippen molar-refractivity contribution in [2.45, 2.75) is 57.1 Å². The van der Waals surface area contributed by atoms with Gasteiger partial charge >= 0.3 is 0 Å². The first-order chi connectivity index (χ1) is 19.0. The highest BCUT2D eigenvalue weighted by Crippen LogP contribution is 2.28. The summed E-state index contributed by atoms with van der Waals surface area (Å²) >= 11 is 5.97. The number of anilines is 1. The van der Waals surface area contributed by atoms with Crippen LogP contribution < -0.4 is 9.62 Å². The molecule has 0 heterocycles. The van der Waals surface area contributed by atoms with Crippen LogP contribution in [0.5, 0.6) is 0 Å². The van der Waals surface area contributed by atoms with Gasteiger partial charge in [0.1, 0.15) is 24.2 Å². The zero-order valence-electron chi connectivity index (χ0n) is 22.5. The minimum absolute atomic E-state index is 0.0255. The van der Waals surface area contributed by atoms with Crippen molar-refractivity contribution in [3.05, 3.63) is 95.0 Å². The van der Waals surface area contributed by atoms with Gasteiger partial charge in [0, 0.05) is 12.6 Å². The second-order valence-electron chi connectivity index (χ2n) is 9.31. The second-order valence-corrected chi connectivity index (χ2v) is 11.6. The quantitative estimate of drug-likeness (QED) is 0.300. The summed E-state index contributed by atoms with van der Waals surface area (Å²) in [7, 11) is -4.31. The Morgan fingerprint density at radius 1 is 0.950 bits per heavy atom. The van der Waals surface area contributed by atoms with Gasteiger partial charge in [-0.2, -0.15) is 0 Å². The van der Waals surface area contributed by atoms with Crippen molar-refractivity contribution >= 4 is 39.1 Å². The van der Waals surface area contributed by atoms with Gasteiger partial charge in [-0.1, -0.05) is 55.8 Å². The van der Waals surface area contributed by atoms with Gasteiger partial charge in [-0.3, -0.25) is 13.9 Å². The average Bonchev–Trinajstić information content (AvgIpc) is 2.94. The normalized spacial score (nSPS) is 12.8. The Bertz CT molecular complexity index is 1420. The molecule has 0 spiro atoms. The second kappa shape index (κ2) is 13.7. The summed E-state index contributed by atoms with van der Waals surface area (Å²) in [6, 6.07) is 15.2. The first kappa shape index (κ1) is 31.0. The molecule has 0 aliphatic carbocycles. The maximum Gasteiger partial charge on any atom is 0.264 e. The van der Waals surface area contributed by atoms with E-state index in [1.165, 1.54) is 59.5 Å². The molecule has 2 amide bonds. The summed E-state index contributed by atoms with van der Waals surface area (Å²) in [5.74, 6) is -2.29. The third-order valence-corrected chi connectivity index (χ3v) is 8.53. The highest BCUT2D eigenvalue weighted by atomic mass is 35.5. The van der Waals surface area contributed by atoms with Crippen LogP contribution in [0.3, 0.4) is 0 Å². The summed E-state index contributed by atoms with van der Waals surface area (Å²) in [6.07, 6.45) is 0.908. The smallest absolute Gasteiger partial charge is 0.264 e. The molecule has 1 N–H and O–H groups in total. The summed E-state index contributed by atoms with van der Waals surface area (Å²) < 4.78 is 55.9. The van der Waals surface area contributed by atoms with Crippen LogP contribution in [0, 0.1) is 11.6 Å². The molecule has 0 radical (unpaired) electrons. The molecule has 40 heavy (non-hydrogen) atoms. The van der Waals surface area contributed by atoms with E-state index in [2.05, 4.69) is 5.32 Å². The van der Waals surface area contributed by atoms with Gasteiger partial charge in [-0.25, -0.2) is 17.2 Å². The summed E-state index contributed by atoms with van der Waals surface area (Å²) in [6.45, 7) is 4.71. The van der Waals surface area contributed by atoms with Crippen molar-refractivity contribution in [3.8, 4) is 0 Å². The van der Waals surface area contributed by atoms with Gasteiger partial charge in [0.15, 0.2) is 0 Å². The van der Waals surface area contributed by atoms with Crippen LogP contribution in [0.1, 0.15) is 39.2 Å². The fourth-order valence-corrected chi connectivity index (χ4v) is 5.64. The lowest BCUT2D eigenvalue weighted by molar-refractivity contribution is -0.140. The Hall–Kier alpha value is -3.50. The van der Waals surface area contributed by atoms with Gasteiger partial charge in [-0.05, 0) is 67.8 Å². The summed E-state index contributed by atoms with van der Waals surface area (Å²) in [5, 5.41) is 2.56.